The Bertz CT molecular complexity index is 1280. The van der Waals surface area contributed by atoms with Crippen LogP contribution in [-0.2, 0) is 16.1 Å². The molecule has 0 saturated heterocycles. The number of para-hydroxylation sites is 1. The molecule has 0 aliphatic carbocycles. The minimum Gasteiger partial charge on any atom is -0.453 e. The predicted molar refractivity (Wildman–Crippen MR) is 121 cm³/mol. The number of aryl methyl sites for hydroxylation is 1. The number of rotatable bonds is 5. The number of cyclic esters (lactones) is 1. The molecule has 0 bridgehead atoms. The van der Waals surface area contributed by atoms with E-state index in [9.17, 15) is 9.59 Å². The SMILES string of the molecule is Cc1cccc2sc(N(Cc3ccccc3)C(=O)C[C@H]3OC(=O)c4ccccc43)nc12. The van der Waals surface area contributed by atoms with Gasteiger partial charge in [0.05, 0.1) is 28.7 Å². The van der Waals surface area contributed by atoms with Gasteiger partial charge in [-0.15, -0.1) is 0 Å². The van der Waals surface area contributed by atoms with Crippen molar-refractivity contribution < 1.29 is 14.3 Å². The highest BCUT2D eigenvalue weighted by Crippen LogP contribution is 2.36. The Morgan fingerprint density at radius 1 is 1.03 bits per heavy atom. The molecule has 0 unspecified atom stereocenters. The second kappa shape index (κ2) is 7.96. The molecule has 154 valence electrons. The zero-order valence-electron chi connectivity index (χ0n) is 16.9. The van der Waals surface area contributed by atoms with Crippen LogP contribution in [0, 0.1) is 6.92 Å². The number of carbonyl (C=O) groups excluding carboxylic acids is 2. The second-order valence-electron chi connectivity index (χ2n) is 7.57. The van der Waals surface area contributed by atoms with Crippen LogP contribution in [0.15, 0.2) is 72.8 Å². The van der Waals surface area contributed by atoms with Gasteiger partial charge in [-0.1, -0.05) is 72.0 Å². The van der Waals surface area contributed by atoms with Gasteiger partial charge in [-0.25, -0.2) is 9.78 Å². The van der Waals surface area contributed by atoms with Crippen molar-refractivity contribution in [3.63, 3.8) is 0 Å². The van der Waals surface area contributed by atoms with Crippen LogP contribution in [0.3, 0.4) is 0 Å². The van der Waals surface area contributed by atoms with Crippen molar-refractivity contribution in [2.45, 2.75) is 26.0 Å². The van der Waals surface area contributed by atoms with Crippen LogP contribution in [0.2, 0.25) is 0 Å². The smallest absolute Gasteiger partial charge is 0.339 e. The number of benzene rings is 3. The molecule has 1 aliphatic heterocycles. The van der Waals surface area contributed by atoms with Gasteiger partial charge in [0.15, 0.2) is 5.13 Å². The van der Waals surface area contributed by atoms with Crippen molar-refractivity contribution >= 4 is 38.6 Å². The lowest BCUT2D eigenvalue weighted by atomic mass is 10.0. The average Bonchev–Trinajstić information content (AvgIpc) is 3.35. The predicted octanol–water partition coefficient (Wildman–Crippen LogP) is 5.44. The first-order valence-electron chi connectivity index (χ1n) is 10.1. The summed E-state index contributed by atoms with van der Waals surface area (Å²) in [6, 6.07) is 23.1. The van der Waals surface area contributed by atoms with Gasteiger partial charge in [0.2, 0.25) is 5.91 Å². The van der Waals surface area contributed by atoms with Gasteiger partial charge in [0.1, 0.15) is 6.10 Å². The van der Waals surface area contributed by atoms with Crippen LogP contribution in [0.5, 0.6) is 0 Å². The van der Waals surface area contributed by atoms with Crippen LogP contribution >= 0.6 is 11.3 Å². The maximum absolute atomic E-state index is 13.5. The van der Waals surface area contributed by atoms with Gasteiger partial charge in [0.25, 0.3) is 0 Å². The lowest BCUT2D eigenvalue weighted by Gasteiger charge is -2.22. The molecule has 0 spiro atoms. The minimum atomic E-state index is -0.578. The molecule has 1 aliphatic rings. The van der Waals surface area contributed by atoms with Crippen LogP contribution in [-0.4, -0.2) is 16.9 Å². The molecule has 5 nitrogen and oxygen atoms in total. The number of hydrogen-bond acceptors (Lipinski definition) is 5. The first-order valence-corrected chi connectivity index (χ1v) is 10.9. The van der Waals surface area contributed by atoms with E-state index in [2.05, 4.69) is 0 Å². The van der Waals surface area contributed by atoms with E-state index >= 15 is 0 Å². The van der Waals surface area contributed by atoms with Gasteiger partial charge in [0, 0.05) is 5.56 Å². The van der Waals surface area contributed by atoms with Crippen LogP contribution in [0.25, 0.3) is 10.2 Å². The number of aromatic nitrogens is 1. The summed E-state index contributed by atoms with van der Waals surface area (Å²) in [7, 11) is 0. The first-order chi connectivity index (χ1) is 15.1. The standard InChI is InChI=1S/C25H20N2O3S/c1-16-8-7-13-21-23(16)26-25(31-21)27(15-17-9-3-2-4-10-17)22(28)14-20-18-11-5-6-12-19(18)24(29)30-20/h2-13,20H,14-15H2,1H3/t20-/m1/s1. The van der Waals surface area contributed by atoms with Gasteiger partial charge < -0.3 is 4.74 Å². The third-order valence-corrected chi connectivity index (χ3v) is 6.51. The largest absolute Gasteiger partial charge is 0.453 e. The first kappa shape index (κ1) is 19.5. The van der Waals surface area contributed by atoms with E-state index < -0.39 is 6.10 Å². The third kappa shape index (κ3) is 3.70. The zero-order chi connectivity index (χ0) is 21.4. The number of hydrogen-bond donors (Lipinski definition) is 0. The van der Waals surface area contributed by atoms with E-state index in [1.54, 1.807) is 17.0 Å². The lowest BCUT2D eigenvalue weighted by Crippen LogP contribution is -2.31. The van der Waals surface area contributed by atoms with Crippen molar-refractivity contribution in [3.05, 3.63) is 95.1 Å². The number of thiazole rings is 1. The average molecular weight is 429 g/mol. The molecule has 1 amide bonds. The van der Waals surface area contributed by atoms with Crippen molar-refractivity contribution in [3.8, 4) is 0 Å². The van der Waals surface area contributed by atoms with Gasteiger partial charge in [-0.2, -0.15) is 0 Å². The summed E-state index contributed by atoms with van der Waals surface area (Å²) >= 11 is 1.50. The van der Waals surface area contributed by atoms with Crippen molar-refractivity contribution in [1.82, 2.24) is 4.98 Å². The molecule has 0 saturated carbocycles. The van der Waals surface area contributed by atoms with E-state index in [1.807, 2.05) is 67.6 Å². The Hall–Kier alpha value is -3.51. The number of fused-ring (bicyclic) bond motifs is 2. The molecule has 0 radical (unpaired) electrons. The van der Waals surface area contributed by atoms with E-state index in [1.165, 1.54) is 11.3 Å². The molecular formula is C25H20N2O3S. The number of esters is 1. The summed E-state index contributed by atoms with van der Waals surface area (Å²) < 4.78 is 6.55. The Morgan fingerprint density at radius 2 is 1.81 bits per heavy atom. The molecule has 4 aromatic rings. The lowest BCUT2D eigenvalue weighted by molar-refractivity contribution is -0.120. The van der Waals surface area contributed by atoms with Gasteiger partial charge >= 0.3 is 5.97 Å². The van der Waals surface area contributed by atoms with Gasteiger partial charge in [-0.3, -0.25) is 9.69 Å². The fourth-order valence-electron chi connectivity index (χ4n) is 3.86. The number of amides is 1. The Labute approximate surface area is 183 Å². The Morgan fingerprint density at radius 3 is 2.61 bits per heavy atom. The molecule has 1 atom stereocenters. The zero-order valence-corrected chi connectivity index (χ0v) is 17.8. The molecular weight excluding hydrogens is 408 g/mol. The van der Waals surface area contributed by atoms with E-state index in [4.69, 9.17) is 9.72 Å². The van der Waals surface area contributed by atoms with Crippen molar-refractivity contribution in [2.75, 3.05) is 4.90 Å². The van der Waals surface area contributed by atoms with E-state index in [0.717, 1.165) is 26.9 Å². The summed E-state index contributed by atoms with van der Waals surface area (Å²) in [5.41, 5.74) is 4.29. The summed E-state index contributed by atoms with van der Waals surface area (Å²) in [5.74, 6) is -0.506. The summed E-state index contributed by atoms with van der Waals surface area (Å²) in [4.78, 5) is 32.2. The molecule has 0 N–H and O–H groups in total. The molecule has 6 heteroatoms. The fourth-order valence-corrected chi connectivity index (χ4v) is 4.92. The molecule has 2 heterocycles. The number of anilines is 1. The summed E-state index contributed by atoms with van der Waals surface area (Å²) in [6.45, 7) is 2.42. The van der Waals surface area contributed by atoms with Crippen molar-refractivity contribution in [2.24, 2.45) is 0 Å². The number of ether oxygens (including phenoxy) is 1. The van der Waals surface area contributed by atoms with Crippen LogP contribution in [0.1, 0.15) is 39.6 Å². The monoisotopic (exact) mass is 428 g/mol. The normalized spacial score (nSPS) is 15.0. The molecule has 31 heavy (non-hydrogen) atoms. The van der Waals surface area contributed by atoms with E-state index in [-0.39, 0.29) is 18.3 Å². The maximum Gasteiger partial charge on any atom is 0.339 e. The minimum absolute atomic E-state index is 0.0739. The number of nitrogens with zero attached hydrogens (tertiary/aromatic N) is 2. The fraction of sp³-hybridized carbons (Fsp3) is 0.160. The van der Waals surface area contributed by atoms with E-state index in [0.29, 0.717) is 17.2 Å². The Balaban J connectivity index is 1.48. The third-order valence-electron chi connectivity index (χ3n) is 5.46. The summed E-state index contributed by atoms with van der Waals surface area (Å²) in [6.07, 6.45) is -0.504. The van der Waals surface area contributed by atoms with Crippen LogP contribution in [0.4, 0.5) is 5.13 Å². The van der Waals surface area contributed by atoms with Crippen molar-refractivity contribution in [1.29, 1.82) is 0 Å². The topological polar surface area (TPSA) is 59.5 Å². The Kier molecular flexibility index (Phi) is 5.00. The highest BCUT2D eigenvalue weighted by Gasteiger charge is 2.34. The van der Waals surface area contributed by atoms with Gasteiger partial charge in [-0.05, 0) is 30.2 Å². The van der Waals surface area contributed by atoms with Crippen LogP contribution < -0.4 is 4.90 Å². The number of carbonyl (C=O) groups is 2. The second-order valence-corrected chi connectivity index (χ2v) is 8.58. The maximum atomic E-state index is 13.5. The molecule has 1 aromatic heterocycles. The summed E-state index contributed by atoms with van der Waals surface area (Å²) in [5, 5.41) is 0.649. The molecule has 0 fully saturated rings. The quantitative estimate of drug-likeness (QED) is 0.397. The molecule has 3 aromatic carbocycles. The molecule has 5 rings (SSSR count). The highest BCUT2D eigenvalue weighted by molar-refractivity contribution is 7.22. The highest BCUT2D eigenvalue weighted by atomic mass is 32.1.